The summed E-state index contributed by atoms with van der Waals surface area (Å²) in [6.07, 6.45) is -4.84. The van der Waals surface area contributed by atoms with E-state index in [2.05, 4.69) is 25.3 Å². The molecule has 0 spiro atoms. The van der Waals surface area contributed by atoms with E-state index in [1.165, 1.54) is 43.0 Å². The van der Waals surface area contributed by atoms with Gasteiger partial charge in [-0.1, -0.05) is 28.9 Å². The SMILES string of the molecule is Nc1ccnc(-c2nnn(Cc3cc(C(F)(F)F)cc(C(F)(F)F)c3)c2-c2cnccn2)c1C(=O)c1ccccc1Cl. The molecule has 42 heavy (non-hydrogen) atoms. The second-order valence-electron chi connectivity index (χ2n) is 8.88. The molecule has 0 aliphatic rings. The molecule has 15 heteroatoms. The average Bonchev–Trinajstić information content (AvgIpc) is 3.35. The van der Waals surface area contributed by atoms with Crippen molar-refractivity contribution < 1.29 is 31.1 Å². The van der Waals surface area contributed by atoms with E-state index >= 15 is 0 Å². The Hall–Kier alpha value is -4.85. The normalized spacial score (nSPS) is 12.0. The van der Waals surface area contributed by atoms with Crippen molar-refractivity contribution in [2.24, 2.45) is 0 Å². The molecule has 5 aromatic rings. The molecule has 214 valence electrons. The highest BCUT2D eigenvalue weighted by Crippen LogP contribution is 2.38. The zero-order chi connectivity index (χ0) is 30.2. The summed E-state index contributed by atoms with van der Waals surface area (Å²) in [4.78, 5) is 26.1. The summed E-state index contributed by atoms with van der Waals surface area (Å²) in [5.41, 5.74) is 2.84. The number of nitrogens with two attached hydrogens (primary N) is 1. The molecule has 0 aliphatic carbocycles. The molecule has 0 saturated heterocycles. The van der Waals surface area contributed by atoms with Crippen LogP contribution in [0.1, 0.15) is 32.6 Å². The number of hydrogen-bond donors (Lipinski definition) is 1. The van der Waals surface area contributed by atoms with Gasteiger partial charge in [-0.05, 0) is 42.0 Å². The molecule has 3 aromatic heterocycles. The highest BCUT2D eigenvalue weighted by molar-refractivity contribution is 6.35. The van der Waals surface area contributed by atoms with Crippen LogP contribution in [0.2, 0.25) is 5.02 Å². The molecule has 8 nitrogen and oxygen atoms in total. The van der Waals surface area contributed by atoms with Crippen LogP contribution in [0.4, 0.5) is 32.0 Å². The number of benzene rings is 2. The van der Waals surface area contributed by atoms with Gasteiger partial charge < -0.3 is 5.73 Å². The summed E-state index contributed by atoms with van der Waals surface area (Å²) >= 11 is 6.24. The monoisotopic (exact) mass is 603 g/mol. The third-order valence-corrected chi connectivity index (χ3v) is 6.40. The Morgan fingerprint density at radius 2 is 1.57 bits per heavy atom. The lowest BCUT2D eigenvalue weighted by Crippen LogP contribution is -2.13. The van der Waals surface area contributed by atoms with Crippen molar-refractivity contribution >= 4 is 23.1 Å². The number of anilines is 1. The molecule has 2 aromatic carbocycles. The molecule has 0 unspecified atom stereocenters. The molecule has 0 bridgehead atoms. The van der Waals surface area contributed by atoms with E-state index in [4.69, 9.17) is 17.3 Å². The maximum Gasteiger partial charge on any atom is 0.416 e. The number of ketones is 1. The quantitative estimate of drug-likeness (QED) is 0.178. The maximum atomic E-state index is 13.6. The fourth-order valence-electron chi connectivity index (χ4n) is 4.22. The Kier molecular flexibility index (Phi) is 7.41. The first-order valence-corrected chi connectivity index (χ1v) is 12.2. The first-order chi connectivity index (χ1) is 19.8. The van der Waals surface area contributed by atoms with Crippen LogP contribution in [0.15, 0.2) is 73.3 Å². The van der Waals surface area contributed by atoms with E-state index in [0.29, 0.717) is 12.1 Å². The third-order valence-electron chi connectivity index (χ3n) is 6.07. The Morgan fingerprint density at radius 3 is 2.19 bits per heavy atom. The van der Waals surface area contributed by atoms with E-state index in [9.17, 15) is 31.1 Å². The van der Waals surface area contributed by atoms with Gasteiger partial charge in [0.1, 0.15) is 22.8 Å². The first-order valence-electron chi connectivity index (χ1n) is 11.9. The number of halogens is 7. The number of nitrogen functional groups attached to an aromatic ring is 1. The van der Waals surface area contributed by atoms with Crippen LogP contribution in [-0.4, -0.2) is 35.7 Å². The molecule has 0 amide bonds. The molecule has 0 radical (unpaired) electrons. The molecule has 5 rings (SSSR count). The van der Waals surface area contributed by atoms with Crippen molar-refractivity contribution in [3.05, 3.63) is 106 Å². The van der Waals surface area contributed by atoms with Crippen molar-refractivity contribution in [2.75, 3.05) is 5.73 Å². The molecule has 3 heterocycles. The van der Waals surface area contributed by atoms with E-state index in [1.54, 1.807) is 12.1 Å². The molecule has 0 fully saturated rings. The van der Waals surface area contributed by atoms with Gasteiger partial charge in [-0.3, -0.25) is 19.7 Å². The number of hydrogen-bond acceptors (Lipinski definition) is 7. The fraction of sp³-hybridized carbons (Fsp3) is 0.111. The summed E-state index contributed by atoms with van der Waals surface area (Å²) in [6.45, 7) is -0.581. The number of rotatable bonds is 6. The van der Waals surface area contributed by atoms with Gasteiger partial charge in [0.2, 0.25) is 0 Å². The molecule has 0 atom stereocenters. The van der Waals surface area contributed by atoms with Crippen molar-refractivity contribution in [1.82, 2.24) is 29.9 Å². The molecular weight excluding hydrogens is 588 g/mol. The number of pyridine rings is 1. The average molecular weight is 604 g/mol. The van der Waals surface area contributed by atoms with Crippen LogP contribution >= 0.6 is 11.6 Å². The second-order valence-corrected chi connectivity index (χ2v) is 9.29. The van der Waals surface area contributed by atoms with Crippen LogP contribution in [0, 0.1) is 0 Å². The van der Waals surface area contributed by atoms with Crippen molar-refractivity contribution in [1.29, 1.82) is 0 Å². The first kappa shape index (κ1) is 28.7. The summed E-state index contributed by atoms with van der Waals surface area (Å²) in [7, 11) is 0. The van der Waals surface area contributed by atoms with E-state index in [1.807, 2.05) is 0 Å². The van der Waals surface area contributed by atoms with Crippen LogP contribution in [0.5, 0.6) is 0 Å². The highest BCUT2D eigenvalue weighted by Gasteiger charge is 2.37. The zero-order valence-corrected chi connectivity index (χ0v) is 21.7. The third kappa shape index (κ3) is 5.65. The lowest BCUT2D eigenvalue weighted by atomic mass is 9.97. The van der Waals surface area contributed by atoms with Gasteiger partial charge in [-0.15, -0.1) is 5.10 Å². The largest absolute Gasteiger partial charge is 0.416 e. The molecule has 0 aliphatic heterocycles. The van der Waals surface area contributed by atoms with Gasteiger partial charge in [-0.25, -0.2) is 4.68 Å². The van der Waals surface area contributed by atoms with Crippen LogP contribution in [0.3, 0.4) is 0 Å². The minimum absolute atomic E-state index is 0.0114. The Morgan fingerprint density at radius 1 is 0.881 bits per heavy atom. The van der Waals surface area contributed by atoms with Crippen molar-refractivity contribution in [3.8, 4) is 22.8 Å². The van der Waals surface area contributed by atoms with Crippen LogP contribution in [0.25, 0.3) is 22.8 Å². The Balaban J connectivity index is 1.70. The minimum Gasteiger partial charge on any atom is -0.398 e. The van der Waals surface area contributed by atoms with Crippen molar-refractivity contribution in [3.63, 3.8) is 0 Å². The van der Waals surface area contributed by atoms with Crippen molar-refractivity contribution in [2.45, 2.75) is 18.9 Å². The van der Waals surface area contributed by atoms with E-state index in [-0.39, 0.29) is 56.2 Å². The Bertz CT molecular complexity index is 1760. The smallest absolute Gasteiger partial charge is 0.398 e. The lowest BCUT2D eigenvalue weighted by molar-refractivity contribution is -0.143. The number of alkyl halides is 6. The minimum atomic E-state index is -5.04. The molecule has 0 saturated carbocycles. The summed E-state index contributed by atoms with van der Waals surface area (Å²) < 4.78 is 82.0. The fourth-order valence-corrected chi connectivity index (χ4v) is 4.44. The second kappa shape index (κ2) is 10.9. The highest BCUT2D eigenvalue weighted by atomic mass is 35.5. The number of aromatic nitrogens is 6. The van der Waals surface area contributed by atoms with Gasteiger partial charge in [0.15, 0.2) is 5.78 Å². The Labute approximate surface area is 237 Å². The zero-order valence-electron chi connectivity index (χ0n) is 20.9. The van der Waals surface area contributed by atoms with Gasteiger partial charge >= 0.3 is 12.4 Å². The predicted molar refractivity (Wildman–Crippen MR) is 139 cm³/mol. The topological polar surface area (TPSA) is 112 Å². The summed E-state index contributed by atoms with van der Waals surface area (Å²) in [5, 5.41) is 8.22. The van der Waals surface area contributed by atoms with Crippen LogP contribution in [-0.2, 0) is 18.9 Å². The standard InChI is InChI=1S/C27H16ClF6N7O/c28-18-4-2-1-3-17(18)25(42)21-19(35)5-6-38-22(21)23-24(20-12-36-7-8-37-20)41(40-39-23)13-14-9-15(26(29,30)31)11-16(10-14)27(32,33)34/h1-12H,13H2,(H2,35,38). The molecule has 2 N–H and O–H groups in total. The number of carbonyl (C=O) groups is 1. The van der Waals surface area contributed by atoms with Crippen LogP contribution < -0.4 is 5.73 Å². The number of nitrogens with zero attached hydrogens (tertiary/aromatic N) is 6. The van der Waals surface area contributed by atoms with Gasteiger partial charge in [0, 0.05) is 29.8 Å². The number of carbonyl (C=O) groups excluding carboxylic acids is 1. The summed E-state index contributed by atoms with van der Waals surface area (Å²) in [6, 6.07) is 8.79. The van der Waals surface area contributed by atoms with E-state index in [0.717, 1.165) is 4.68 Å². The van der Waals surface area contributed by atoms with Gasteiger partial charge in [0.25, 0.3) is 0 Å². The van der Waals surface area contributed by atoms with Gasteiger partial charge in [-0.2, -0.15) is 26.3 Å². The lowest BCUT2D eigenvalue weighted by Gasteiger charge is -2.15. The predicted octanol–water partition coefficient (Wildman–Crippen LogP) is 6.35. The summed E-state index contributed by atoms with van der Waals surface area (Å²) in [5.74, 6) is -0.603. The molecular formula is C27H16ClF6N7O. The van der Waals surface area contributed by atoms with Gasteiger partial charge in [0.05, 0.1) is 34.5 Å². The van der Waals surface area contributed by atoms with E-state index < -0.39 is 35.8 Å². The maximum absolute atomic E-state index is 13.6.